The number of unbranched alkanes of at least 4 members (excludes halogenated alkanes) is 1. The number of nitro benzene ring substituents is 1. The number of nitro groups is 1. The molecule has 2 aromatic carbocycles. The van der Waals surface area contributed by atoms with Gasteiger partial charge in [-0.3, -0.25) is 29.8 Å². The Kier molecular flexibility index (Phi) is 11.7. The topological polar surface area (TPSA) is 182 Å². The summed E-state index contributed by atoms with van der Waals surface area (Å²) in [7, 11) is 0. The van der Waals surface area contributed by atoms with Gasteiger partial charge in [-0.25, -0.2) is 0 Å². The Hall–Kier alpha value is -3.83. The second-order valence-corrected chi connectivity index (χ2v) is 9.16. The molecular weight excluding hydrogens is 476 g/mol. The van der Waals surface area contributed by atoms with E-state index in [0.717, 1.165) is 5.56 Å². The summed E-state index contributed by atoms with van der Waals surface area (Å²) in [6.07, 6.45) is 1.85. The van der Waals surface area contributed by atoms with E-state index in [9.17, 15) is 24.5 Å². The molecule has 2 aromatic rings. The van der Waals surface area contributed by atoms with Crippen LogP contribution in [0.2, 0.25) is 0 Å². The third-order valence-electron chi connectivity index (χ3n) is 5.87. The third-order valence-corrected chi connectivity index (χ3v) is 5.87. The lowest BCUT2D eigenvalue weighted by atomic mass is 10.0. The zero-order chi connectivity index (χ0) is 27.4. The van der Waals surface area contributed by atoms with Gasteiger partial charge in [0.05, 0.1) is 11.0 Å². The van der Waals surface area contributed by atoms with Gasteiger partial charge in [0.15, 0.2) is 0 Å². The van der Waals surface area contributed by atoms with Gasteiger partial charge in [-0.2, -0.15) is 0 Å². The van der Waals surface area contributed by atoms with Crippen molar-refractivity contribution >= 4 is 29.1 Å². The fraction of sp³-hybridized carbons (Fsp3) is 0.423. The number of carbonyl (C=O) groups is 3. The van der Waals surface area contributed by atoms with Gasteiger partial charge in [0, 0.05) is 24.2 Å². The number of carbonyl (C=O) groups excluding carboxylic acids is 3. The summed E-state index contributed by atoms with van der Waals surface area (Å²) in [5.74, 6) is -1.87. The molecule has 11 heteroatoms. The van der Waals surface area contributed by atoms with E-state index in [0.29, 0.717) is 31.5 Å². The van der Waals surface area contributed by atoms with Crippen molar-refractivity contribution in [1.29, 1.82) is 0 Å². The second kappa shape index (κ2) is 14.7. The van der Waals surface area contributed by atoms with Gasteiger partial charge in [0.25, 0.3) is 5.69 Å². The number of nitrogens with one attached hydrogen (secondary N) is 3. The smallest absolute Gasteiger partial charge is 0.269 e. The Bertz CT molecular complexity index is 1050. The maximum absolute atomic E-state index is 13.2. The molecule has 0 aromatic heterocycles. The number of amides is 3. The minimum atomic E-state index is -1.02. The summed E-state index contributed by atoms with van der Waals surface area (Å²) in [5, 5.41) is 19.1. The van der Waals surface area contributed by atoms with E-state index in [-0.39, 0.29) is 18.0 Å². The van der Waals surface area contributed by atoms with Crippen LogP contribution in [-0.2, 0) is 20.8 Å². The molecule has 7 N–H and O–H groups in total. The molecule has 3 atom stereocenters. The summed E-state index contributed by atoms with van der Waals surface area (Å²) in [5.41, 5.74) is 12.8. The van der Waals surface area contributed by atoms with Gasteiger partial charge in [0.2, 0.25) is 17.7 Å². The molecule has 0 saturated heterocycles. The van der Waals surface area contributed by atoms with Gasteiger partial charge >= 0.3 is 0 Å². The SMILES string of the molecule is CC(C)[C@@H](N)C(=O)N[C@@H](Cc1ccccc1)C(=O)NC(=O)[C@H](CCCCN)Nc1ccc([N+](=O)[O-])cc1. The van der Waals surface area contributed by atoms with Crippen molar-refractivity contribution in [3.05, 3.63) is 70.3 Å². The van der Waals surface area contributed by atoms with Crippen LogP contribution in [0.25, 0.3) is 0 Å². The third kappa shape index (κ3) is 9.62. The van der Waals surface area contributed by atoms with E-state index in [1.54, 1.807) is 13.8 Å². The summed E-state index contributed by atoms with van der Waals surface area (Å²) < 4.78 is 0. The number of hydrogen-bond acceptors (Lipinski definition) is 8. The lowest BCUT2D eigenvalue weighted by Crippen LogP contribution is -2.56. The summed E-state index contributed by atoms with van der Waals surface area (Å²) in [6, 6.07) is 12.1. The number of nitrogens with two attached hydrogens (primary N) is 2. The van der Waals surface area contributed by atoms with Crippen molar-refractivity contribution in [2.45, 2.75) is 57.7 Å². The Morgan fingerprint density at radius 2 is 1.54 bits per heavy atom. The predicted octanol–water partition coefficient (Wildman–Crippen LogP) is 1.86. The summed E-state index contributed by atoms with van der Waals surface area (Å²) >= 11 is 0. The minimum absolute atomic E-state index is 0.0797. The first-order valence-corrected chi connectivity index (χ1v) is 12.3. The number of non-ortho nitro benzene ring substituents is 1. The molecule has 0 fully saturated rings. The Balaban J connectivity index is 2.18. The Labute approximate surface area is 216 Å². The Morgan fingerprint density at radius 3 is 2.11 bits per heavy atom. The van der Waals surface area contributed by atoms with Crippen molar-refractivity contribution < 1.29 is 19.3 Å². The molecule has 0 radical (unpaired) electrons. The molecule has 3 amide bonds. The maximum atomic E-state index is 13.2. The monoisotopic (exact) mass is 512 g/mol. The van der Waals surface area contributed by atoms with Gasteiger partial charge in [-0.15, -0.1) is 0 Å². The van der Waals surface area contributed by atoms with E-state index in [1.165, 1.54) is 24.3 Å². The lowest BCUT2D eigenvalue weighted by molar-refractivity contribution is -0.384. The summed E-state index contributed by atoms with van der Waals surface area (Å²) in [6.45, 7) is 4.05. The predicted molar refractivity (Wildman–Crippen MR) is 141 cm³/mol. The number of nitrogens with zero attached hydrogens (tertiary/aromatic N) is 1. The highest BCUT2D eigenvalue weighted by molar-refractivity contribution is 6.02. The molecule has 2 rings (SSSR count). The fourth-order valence-electron chi connectivity index (χ4n) is 3.57. The molecule has 0 unspecified atom stereocenters. The second-order valence-electron chi connectivity index (χ2n) is 9.16. The van der Waals surface area contributed by atoms with E-state index >= 15 is 0 Å². The lowest BCUT2D eigenvalue weighted by Gasteiger charge is -2.24. The molecule has 37 heavy (non-hydrogen) atoms. The molecule has 0 aliphatic rings. The maximum Gasteiger partial charge on any atom is 0.269 e. The van der Waals surface area contributed by atoms with Crippen molar-refractivity contribution in [3.63, 3.8) is 0 Å². The van der Waals surface area contributed by atoms with Crippen LogP contribution < -0.4 is 27.4 Å². The van der Waals surface area contributed by atoms with Gasteiger partial charge in [-0.05, 0) is 49.4 Å². The average Bonchev–Trinajstić information content (AvgIpc) is 2.88. The first kappa shape index (κ1) is 29.4. The Morgan fingerprint density at radius 1 is 0.919 bits per heavy atom. The van der Waals surface area contributed by atoms with Crippen LogP contribution in [0.3, 0.4) is 0 Å². The number of imide groups is 1. The molecule has 11 nitrogen and oxygen atoms in total. The number of anilines is 1. The quantitative estimate of drug-likeness (QED) is 0.144. The zero-order valence-corrected chi connectivity index (χ0v) is 21.2. The molecule has 200 valence electrons. The van der Waals surface area contributed by atoms with E-state index < -0.39 is 40.8 Å². The highest BCUT2D eigenvalue weighted by Crippen LogP contribution is 2.17. The van der Waals surface area contributed by atoms with Crippen molar-refractivity contribution in [3.8, 4) is 0 Å². The molecule has 0 aliphatic carbocycles. The number of benzene rings is 2. The largest absolute Gasteiger partial charge is 0.374 e. The van der Waals surface area contributed by atoms with E-state index in [2.05, 4.69) is 16.0 Å². The van der Waals surface area contributed by atoms with Crippen LogP contribution in [0.5, 0.6) is 0 Å². The van der Waals surface area contributed by atoms with Crippen LogP contribution in [0, 0.1) is 16.0 Å². The van der Waals surface area contributed by atoms with Gasteiger partial charge in [0.1, 0.15) is 12.1 Å². The van der Waals surface area contributed by atoms with Crippen LogP contribution >= 0.6 is 0 Å². The molecular formula is C26H36N6O5. The van der Waals surface area contributed by atoms with Crippen LogP contribution in [0.4, 0.5) is 11.4 Å². The number of rotatable bonds is 14. The highest BCUT2D eigenvalue weighted by atomic mass is 16.6. The van der Waals surface area contributed by atoms with E-state index in [4.69, 9.17) is 11.5 Å². The normalized spacial score (nSPS) is 13.3. The molecule has 0 bridgehead atoms. The van der Waals surface area contributed by atoms with Crippen LogP contribution in [-0.4, -0.2) is 47.3 Å². The molecule has 0 heterocycles. The average molecular weight is 513 g/mol. The zero-order valence-electron chi connectivity index (χ0n) is 21.2. The number of hydrogen-bond donors (Lipinski definition) is 5. The van der Waals surface area contributed by atoms with E-state index in [1.807, 2.05) is 30.3 Å². The van der Waals surface area contributed by atoms with Gasteiger partial charge in [-0.1, -0.05) is 44.2 Å². The first-order valence-electron chi connectivity index (χ1n) is 12.3. The van der Waals surface area contributed by atoms with Crippen LogP contribution in [0.15, 0.2) is 54.6 Å². The fourth-order valence-corrected chi connectivity index (χ4v) is 3.57. The van der Waals surface area contributed by atoms with Crippen molar-refractivity contribution in [2.24, 2.45) is 17.4 Å². The van der Waals surface area contributed by atoms with Crippen molar-refractivity contribution in [1.82, 2.24) is 10.6 Å². The van der Waals surface area contributed by atoms with Crippen LogP contribution in [0.1, 0.15) is 38.7 Å². The van der Waals surface area contributed by atoms with Crippen molar-refractivity contribution in [2.75, 3.05) is 11.9 Å². The standard InChI is InChI=1S/C26H36N6O5/c1-17(2)23(28)26(35)30-22(16-18-8-4-3-5-9-18)25(34)31-24(33)21(10-6-7-15-27)29-19-11-13-20(14-12-19)32(36)37/h3-5,8-9,11-14,17,21-23,29H,6-7,10,15-16,27-28H2,1-2H3,(H,30,35)(H,31,33,34)/t21-,22-,23+/m0/s1. The molecule has 0 spiro atoms. The molecule has 0 aliphatic heterocycles. The van der Waals surface area contributed by atoms with Gasteiger partial charge < -0.3 is 22.1 Å². The highest BCUT2D eigenvalue weighted by Gasteiger charge is 2.28. The molecule has 0 saturated carbocycles. The minimum Gasteiger partial charge on any atom is -0.374 e. The summed E-state index contributed by atoms with van der Waals surface area (Å²) in [4.78, 5) is 49.4. The first-order chi connectivity index (χ1) is 17.6.